The molecule has 3 nitrogen and oxygen atoms in total. The van der Waals surface area contributed by atoms with Crippen LogP contribution in [0.15, 0.2) is 23.2 Å². The van der Waals surface area contributed by atoms with Crippen molar-refractivity contribution in [2.24, 2.45) is 4.99 Å². The summed E-state index contributed by atoms with van der Waals surface area (Å²) in [6, 6.07) is 5.85. The van der Waals surface area contributed by atoms with E-state index in [0.717, 1.165) is 5.69 Å². The largest absolute Gasteiger partial charge is 0.468 e. The number of aliphatic imine (C=N–C) groups is 1. The first-order chi connectivity index (χ1) is 7.10. The van der Waals surface area contributed by atoms with E-state index in [2.05, 4.69) is 4.99 Å². The molecule has 0 N–H and O–H groups in total. The number of nitrogens with zero attached hydrogens (tertiary/aromatic N) is 2. The van der Waals surface area contributed by atoms with Gasteiger partial charge in [0.15, 0.2) is 0 Å². The predicted octanol–water partition coefficient (Wildman–Crippen LogP) is 3.06. The first kappa shape index (κ1) is 12.1. The van der Waals surface area contributed by atoms with Gasteiger partial charge in [-0.25, -0.2) is 4.99 Å². The van der Waals surface area contributed by atoms with E-state index >= 15 is 0 Å². The van der Waals surface area contributed by atoms with Crippen LogP contribution in [0.1, 0.15) is 0 Å². The van der Waals surface area contributed by atoms with Gasteiger partial charge in [0.1, 0.15) is 0 Å². The summed E-state index contributed by atoms with van der Waals surface area (Å²) in [7, 11) is 5.06. The lowest BCUT2D eigenvalue weighted by molar-refractivity contribution is 0.392. The van der Waals surface area contributed by atoms with Crippen molar-refractivity contribution in [3.63, 3.8) is 0 Å². The van der Waals surface area contributed by atoms with Crippen molar-refractivity contribution < 1.29 is 4.74 Å². The number of benzene rings is 1. The van der Waals surface area contributed by atoms with Crippen molar-refractivity contribution in [2.45, 2.75) is 0 Å². The molecule has 1 aromatic rings. The molecule has 0 fully saturated rings. The highest BCUT2D eigenvalue weighted by molar-refractivity contribution is 6.42. The van der Waals surface area contributed by atoms with Crippen LogP contribution in [-0.2, 0) is 4.74 Å². The summed E-state index contributed by atoms with van der Waals surface area (Å²) in [5.74, 6) is 0. The molecule has 0 bridgehead atoms. The van der Waals surface area contributed by atoms with Crippen molar-refractivity contribution >= 4 is 34.9 Å². The molecular formula is C10H12Cl2N2O. The maximum atomic E-state index is 5.91. The van der Waals surface area contributed by atoms with Crippen LogP contribution in [0.4, 0.5) is 5.69 Å². The fourth-order valence-electron chi connectivity index (χ4n) is 1.18. The van der Waals surface area contributed by atoms with Crippen LogP contribution in [0.5, 0.6) is 0 Å². The Morgan fingerprint density at radius 3 is 2.47 bits per heavy atom. The molecule has 0 unspecified atom stereocenters. The number of rotatable bonds is 1. The van der Waals surface area contributed by atoms with Crippen LogP contribution in [0.25, 0.3) is 0 Å². The Hall–Kier alpha value is -0.930. The molecule has 15 heavy (non-hydrogen) atoms. The molecule has 0 aliphatic rings. The van der Waals surface area contributed by atoms with Crippen LogP contribution in [0.2, 0.25) is 10.0 Å². The lowest BCUT2D eigenvalue weighted by Gasteiger charge is -2.19. The molecule has 0 saturated carbocycles. The molecular weight excluding hydrogens is 235 g/mol. The molecule has 1 rings (SSSR count). The van der Waals surface area contributed by atoms with Gasteiger partial charge in [-0.2, -0.15) is 0 Å². The molecule has 0 aromatic heterocycles. The third-order valence-corrected chi connectivity index (χ3v) is 2.69. The second kappa shape index (κ2) is 5.24. The zero-order valence-corrected chi connectivity index (χ0v) is 10.3. The third-order valence-electron chi connectivity index (χ3n) is 1.95. The Balaban J connectivity index is 3.01. The van der Waals surface area contributed by atoms with Gasteiger partial charge in [0, 0.05) is 19.8 Å². The van der Waals surface area contributed by atoms with Gasteiger partial charge in [0.25, 0.3) is 6.02 Å². The average molecular weight is 247 g/mol. The van der Waals surface area contributed by atoms with Crippen molar-refractivity contribution in [3.05, 3.63) is 28.2 Å². The van der Waals surface area contributed by atoms with Crippen LogP contribution in [-0.4, -0.2) is 27.2 Å². The fraction of sp³-hybridized carbons (Fsp3) is 0.300. The second-order valence-corrected chi connectivity index (χ2v) is 3.68. The number of halogens is 2. The van der Waals surface area contributed by atoms with Gasteiger partial charge in [0.05, 0.1) is 17.2 Å². The summed E-state index contributed by atoms with van der Waals surface area (Å²) in [5.41, 5.74) is 0.867. The van der Waals surface area contributed by atoms with Gasteiger partial charge >= 0.3 is 0 Å². The van der Waals surface area contributed by atoms with Crippen molar-refractivity contribution in [2.75, 3.05) is 26.1 Å². The Morgan fingerprint density at radius 1 is 1.33 bits per heavy atom. The van der Waals surface area contributed by atoms with Crippen molar-refractivity contribution in [1.29, 1.82) is 0 Å². The molecule has 0 amide bonds. The highest BCUT2D eigenvalue weighted by Gasteiger charge is 2.09. The lowest BCUT2D eigenvalue weighted by Crippen LogP contribution is -2.27. The molecule has 0 aliphatic heterocycles. The lowest BCUT2D eigenvalue weighted by atomic mass is 10.3. The standard InChI is InChI=1S/C10H12Cl2N2O/c1-13-10(15-3)14(2)7-4-5-8(11)9(12)6-7/h4-6H,1-3H3. The molecule has 82 valence electrons. The van der Waals surface area contributed by atoms with Crippen molar-refractivity contribution in [1.82, 2.24) is 0 Å². The highest BCUT2D eigenvalue weighted by atomic mass is 35.5. The third kappa shape index (κ3) is 2.76. The van der Waals surface area contributed by atoms with E-state index in [-0.39, 0.29) is 0 Å². The van der Waals surface area contributed by atoms with E-state index in [0.29, 0.717) is 16.1 Å². The van der Waals surface area contributed by atoms with Gasteiger partial charge in [-0.05, 0) is 18.2 Å². The summed E-state index contributed by atoms with van der Waals surface area (Å²) in [5, 5.41) is 1.04. The van der Waals surface area contributed by atoms with Crippen LogP contribution in [0, 0.1) is 0 Å². The van der Waals surface area contributed by atoms with E-state index in [1.807, 2.05) is 13.1 Å². The Labute approximate surface area is 99.3 Å². The number of anilines is 1. The molecule has 0 atom stereocenters. The van der Waals surface area contributed by atoms with Crippen LogP contribution in [0.3, 0.4) is 0 Å². The topological polar surface area (TPSA) is 24.8 Å². The quantitative estimate of drug-likeness (QED) is 0.562. The highest BCUT2D eigenvalue weighted by Crippen LogP contribution is 2.26. The number of amidine groups is 1. The average Bonchev–Trinajstić information content (AvgIpc) is 2.23. The van der Waals surface area contributed by atoms with E-state index in [1.165, 1.54) is 0 Å². The Kier molecular flexibility index (Phi) is 4.24. The number of hydrogen-bond donors (Lipinski definition) is 0. The number of ether oxygens (including phenoxy) is 1. The predicted molar refractivity (Wildman–Crippen MR) is 65.2 cm³/mol. The molecule has 5 heteroatoms. The summed E-state index contributed by atoms with van der Waals surface area (Å²) in [6.07, 6.45) is 0. The maximum Gasteiger partial charge on any atom is 0.291 e. The van der Waals surface area contributed by atoms with Gasteiger partial charge in [-0.15, -0.1) is 0 Å². The minimum absolute atomic E-state index is 0.507. The number of hydrogen-bond acceptors (Lipinski definition) is 2. The molecule has 1 aromatic carbocycles. The van der Waals surface area contributed by atoms with E-state index < -0.39 is 0 Å². The molecule has 0 heterocycles. The normalized spacial score (nSPS) is 11.4. The molecule has 0 spiro atoms. The van der Waals surface area contributed by atoms with Crippen LogP contribution < -0.4 is 4.90 Å². The zero-order chi connectivity index (χ0) is 11.4. The SMILES string of the molecule is CN=C(OC)N(C)c1ccc(Cl)c(Cl)c1. The summed E-state index contributed by atoms with van der Waals surface area (Å²) in [4.78, 5) is 5.76. The number of methoxy groups -OCH3 is 1. The fourth-order valence-corrected chi connectivity index (χ4v) is 1.47. The molecule has 0 radical (unpaired) electrons. The van der Waals surface area contributed by atoms with Gasteiger partial charge in [0.2, 0.25) is 0 Å². The zero-order valence-electron chi connectivity index (χ0n) is 8.79. The summed E-state index contributed by atoms with van der Waals surface area (Å²) >= 11 is 11.7. The Morgan fingerprint density at radius 2 is 2.00 bits per heavy atom. The Bertz CT molecular complexity index is 380. The first-order valence-corrected chi connectivity index (χ1v) is 5.05. The second-order valence-electron chi connectivity index (χ2n) is 2.87. The van der Waals surface area contributed by atoms with Gasteiger partial charge < -0.3 is 4.74 Å². The van der Waals surface area contributed by atoms with E-state index in [4.69, 9.17) is 27.9 Å². The molecule has 0 aliphatic carbocycles. The van der Waals surface area contributed by atoms with E-state index in [1.54, 1.807) is 31.2 Å². The van der Waals surface area contributed by atoms with Crippen molar-refractivity contribution in [3.8, 4) is 0 Å². The van der Waals surface area contributed by atoms with Gasteiger partial charge in [-0.3, -0.25) is 4.90 Å². The monoisotopic (exact) mass is 246 g/mol. The molecule has 0 saturated heterocycles. The summed E-state index contributed by atoms with van der Waals surface area (Å²) in [6.45, 7) is 0. The van der Waals surface area contributed by atoms with E-state index in [9.17, 15) is 0 Å². The van der Waals surface area contributed by atoms with Gasteiger partial charge in [-0.1, -0.05) is 23.2 Å². The summed E-state index contributed by atoms with van der Waals surface area (Å²) < 4.78 is 5.09. The maximum absolute atomic E-state index is 5.91. The minimum Gasteiger partial charge on any atom is -0.468 e. The minimum atomic E-state index is 0.507. The smallest absolute Gasteiger partial charge is 0.291 e. The first-order valence-electron chi connectivity index (χ1n) is 4.29. The van der Waals surface area contributed by atoms with Crippen LogP contribution >= 0.6 is 23.2 Å².